The maximum absolute atomic E-state index is 11.3. The Hall–Kier alpha value is -1.65. The summed E-state index contributed by atoms with van der Waals surface area (Å²) in [5.74, 6) is -0.140. The molecule has 14 heavy (non-hydrogen) atoms. The molecule has 1 atom stereocenters. The standard InChI is InChI=1S/C9H12N2O3/c1-3-14-9(13)7(2)11-5-4-10-8(11)6-12/h4-7H,3H2,1-2H3. The molecule has 1 aromatic heterocycles. The fraction of sp³-hybridized carbons (Fsp3) is 0.444. The lowest BCUT2D eigenvalue weighted by atomic mass is 10.3. The highest BCUT2D eigenvalue weighted by Crippen LogP contribution is 2.09. The van der Waals surface area contributed by atoms with Crippen LogP contribution in [-0.2, 0) is 9.53 Å². The third-order valence-electron chi connectivity index (χ3n) is 1.85. The highest BCUT2D eigenvalue weighted by Gasteiger charge is 2.17. The predicted molar refractivity (Wildman–Crippen MR) is 49.0 cm³/mol. The summed E-state index contributed by atoms with van der Waals surface area (Å²) in [4.78, 5) is 25.6. The number of hydrogen-bond acceptors (Lipinski definition) is 4. The minimum atomic E-state index is -0.516. The number of esters is 1. The second kappa shape index (κ2) is 4.55. The van der Waals surface area contributed by atoms with Crippen LogP contribution in [0.15, 0.2) is 12.4 Å². The second-order valence-corrected chi connectivity index (χ2v) is 2.74. The van der Waals surface area contributed by atoms with Crippen molar-refractivity contribution in [3.8, 4) is 0 Å². The van der Waals surface area contributed by atoms with E-state index >= 15 is 0 Å². The number of hydrogen-bond donors (Lipinski definition) is 0. The Labute approximate surface area is 81.7 Å². The lowest BCUT2D eigenvalue weighted by Crippen LogP contribution is -2.20. The van der Waals surface area contributed by atoms with Gasteiger partial charge in [0.15, 0.2) is 12.1 Å². The first-order chi connectivity index (χ1) is 6.70. The van der Waals surface area contributed by atoms with Crippen LogP contribution in [0.3, 0.4) is 0 Å². The third-order valence-corrected chi connectivity index (χ3v) is 1.85. The van der Waals surface area contributed by atoms with Gasteiger partial charge in [0.1, 0.15) is 6.04 Å². The van der Waals surface area contributed by atoms with E-state index in [1.807, 2.05) is 0 Å². The number of aromatic nitrogens is 2. The highest BCUT2D eigenvalue weighted by molar-refractivity contribution is 5.76. The van der Waals surface area contributed by atoms with Gasteiger partial charge in [-0.15, -0.1) is 0 Å². The zero-order valence-electron chi connectivity index (χ0n) is 8.14. The maximum atomic E-state index is 11.3. The van der Waals surface area contributed by atoms with Crippen molar-refractivity contribution in [2.75, 3.05) is 6.61 Å². The van der Waals surface area contributed by atoms with Gasteiger partial charge >= 0.3 is 5.97 Å². The Morgan fingerprint density at radius 2 is 2.50 bits per heavy atom. The lowest BCUT2D eigenvalue weighted by Gasteiger charge is -2.12. The first-order valence-corrected chi connectivity index (χ1v) is 4.35. The molecule has 0 saturated heterocycles. The Morgan fingerprint density at radius 3 is 3.07 bits per heavy atom. The van der Waals surface area contributed by atoms with E-state index in [1.54, 1.807) is 20.0 Å². The number of carbonyl (C=O) groups excluding carboxylic acids is 2. The first-order valence-electron chi connectivity index (χ1n) is 4.35. The molecule has 5 nitrogen and oxygen atoms in total. The van der Waals surface area contributed by atoms with E-state index in [0.29, 0.717) is 12.9 Å². The fourth-order valence-corrected chi connectivity index (χ4v) is 1.12. The number of imidazole rings is 1. The predicted octanol–water partition coefficient (Wildman–Crippen LogP) is 0.820. The van der Waals surface area contributed by atoms with Crippen LogP contribution in [0, 0.1) is 0 Å². The number of rotatable bonds is 4. The molecule has 76 valence electrons. The largest absolute Gasteiger partial charge is 0.464 e. The Balaban J connectivity index is 2.82. The van der Waals surface area contributed by atoms with Gasteiger partial charge in [0.05, 0.1) is 6.61 Å². The molecule has 0 amide bonds. The summed E-state index contributed by atoms with van der Waals surface area (Å²) >= 11 is 0. The van der Waals surface area contributed by atoms with Gasteiger partial charge in [-0.25, -0.2) is 9.78 Å². The van der Waals surface area contributed by atoms with Crippen LogP contribution in [0.2, 0.25) is 0 Å². The summed E-state index contributed by atoms with van der Waals surface area (Å²) in [6.07, 6.45) is 3.65. The molecule has 0 aromatic carbocycles. The highest BCUT2D eigenvalue weighted by atomic mass is 16.5. The van der Waals surface area contributed by atoms with Crippen LogP contribution in [0.4, 0.5) is 0 Å². The van der Waals surface area contributed by atoms with E-state index in [4.69, 9.17) is 4.74 Å². The van der Waals surface area contributed by atoms with Gasteiger partial charge in [0.2, 0.25) is 0 Å². The van der Waals surface area contributed by atoms with Crippen LogP contribution in [0.5, 0.6) is 0 Å². The van der Waals surface area contributed by atoms with Crippen LogP contribution in [0.1, 0.15) is 30.5 Å². The van der Waals surface area contributed by atoms with Crippen LogP contribution in [0.25, 0.3) is 0 Å². The average Bonchev–Trinajstić information content (AvgIpc) is 2.64. The SMILES string of the molecule is CCOC(=O)C(C)n1ccnc1C=O. The van der Waals surface area contributed by atoms with Gasteiger partial charge in [0, 0.05) is 12.4 Å². The number of nitrogens with zero attached hydrogens (tertiary/aromatic N) is 2. The molecule has 0 saturated carbocycles. The zero-order chi connectivity index (χ0) is 10.6. The molecule has 0 bridgehead atoms. The van der Waals surface area contributed by atoms with Crippen LogP contribution in [-0.4, -0.2) is 28.4 Å². The van der Waals surface area contributed by atoms with Gasteiger partial charge < -0.3 is 9.30 Å². The van der Waals surface area contributed by atoms with Crippen LogP contribution < -0.4 is 0 Å². The summed E-state index contributed by atoms with van der Waals surface area (Å²) in [5, 5.41) is 0. The summed E-state index contributed by atoms with van der Waals surface area (Å²) in [5.41, 5.74) is 0. The molecule has 0 fully saturated rings. The average molecular weight is 196 g/mol. The van der Waals surface area contributed by atoms with Gasteiger partial charge in [-0.2, -0.15) is 0 Å². The van der Waals surface area contributed by atoms with Crippen molar-refractivity contribution in [1.29, 1.82) is 0 Å². The number of carbonyl (C=O) groups is 2. The Kier molecular flexibility index (Phi) is 3.39. The monoisotopic (exact) mass is 196 g/mol. The van der Waals surface area contributed by atoms with E-state index < -0.39 is 6.04 Å². The summed E-state index contributed by atoms with van der Waals surface area (Å²) in [6.45, 7) is 3.72. The van der Waals surface area contributed by atoms with Crippen molar-refractivity contribution in [3.63, 3.8) is 0 Å². The lowest BCUT2D eigenvalue weighted by molar-refractivity contribution is -0.146. The Morgan fingerprint density at radius 1 is 1.79 bits per heavy atom. The smallest absolute Gasteiger partial charge is 0.328 e. The Bertz CT molecular complexity index is 333. The van der Waals surface area contributed by atoms with E-state index in [2.05, 4.69) is 4.98 Å². The fourth-order valence-electron chi connectivity index (χ4n) is 1.12. The maximum Gasteiger partial charge on any atom is 0.328 e. The summed E-state index contributed by atoms with van der Waals surface area (Å²) < 4.78 is 6.30. The van der Waals surface area contributed by atoms with E-state index in [-0.39, 0.29) is 11.8 Å². The molecule has 0 aliphatic carbocycles. The minimum Gasteiger partial charge on any atom is -0.464 e. The van der Waals surface area contributed by atoms with E-state index in [1.165, 1.54) is 10.8 Å². The van der Waals surface area contributed by atoms with E-state index in [0.717, 1.165) is 0 Å². The topological polar surface area (TPSA) is 61.2 Å². The number of aldehydes is 1. The molecule has 0 aliphatic rings. The summed E-state index contributed by atoms with van der Waals surface area (Å²) in [6, 6.07) is -0.516. The second-order valence-electron chi connectivity index (χ2n) is 2.74. The molecule has 0 radical (unpaired) electrons. The molecule has 0 spiro atoms. The molecule has 1 rings (SSSR count). The molecule has 1 aromatic rings. The van der Waals surface area contributed by atoms with Gasteiger partial charge in [-0.05, 0) is 13.8 Å². The third kappa shape index (κ3) is 1.99. The molecule has 0 aliphatic heterocycles. The van der Waals surface area contributed by atoms with Gasteiger partial charge in [-0.3, -0.25) is 4.79 Å². The van der Waals surface area contributed by atoms with Crippen molar-refractivity contribution >= 4 is 12.3 Å². The quantitative estimate of drug-likeness (QED) is 0.528. The molecular weight excluding hydrogens is 184 g/mol. The first kappa shape index (κ1) is 10.4. The van der Waals surface area contributed by atoms with Crippen LogP contribution >= 0.6 is 0 Å². The summed E-state index contributed by atoms with van der Waals surface area (Å²) in [7, 11) is 0. The molecule has 5 heteroatoms. The molecular formula is C9H12N2O3. The van der Waals surface area contributed by atoms with Gasteiger partial charge in [-0.1, -0.05) is 0 Å². The minimum absolute atomic E-state index is 0.227. The molecule has 1 unspecified atom stereocenters. The van der Waals surface area contributed by atoms with Gasteiger partial charge in [0.25, 0.3) is 0 Å². The normalized spacial score (nSPS) is 12.1. The van der Waals surface area contributed by atoms with E-state index in [9.17, 15) is 9.59 Å². The van der Waals surface area contributed by atoms with Crippen molar-refractivity contribution in [1.82, 2.24) is 9.55 Å². The van der Waals surface area contributed by atoms with Crippen molar-refractivity contribution in [3.05, 3.63) is 18.2 Å². The molecule has 0 N–H and O–H groups in total. The zero-order valence-corrected chi connectivity index (χ0v) is 8.14. The van der Waals surface area contributed by atoms with Crippen molar-refractivity contribution in [2.45, 2.75) is 19.9 Å². The van der Waals surface area contributed by atoms with Crippen molar-refractivity contribution < 1.29 is 14.3 Å². The molecule has 1 heterocycles. The number of ether oxygens (including phenoxy) is 1. The van der Waals surface area contributed by atoms with Crippen molar-refractivity contribution in [2.24, 2.45) is 0 Å².